The number of halogens is 1. The largest absolute Gasteiger partial charge is 0.271 e. The molecule has 1 heterocycles. The van der Waals surface area contributed by atoms with Gasteiger partial charge in [0, 0.05) is 21.6 Å². The highest BCUT2D eigenvalue weighted by Gasteiger charge is 2.03. The van der Waals surface area contributed by atoms with E-state index >= 15 is 0 Å². The highest BCUT2D eigenvalue weighted by atomic mass is 79.9. The van der Waals surface area contributed by atoms with Crippen LogP contribution in [0.25, 0.3) is 10.9 Å². The summed E-state index contributed by atoms with van der Waals surface area (Å²) >= 11 is 3.33. The van der Waals surface area contributed by atoms with Crippen molar-refractivity contribution in [3.8, 4) is 0 Å². The summed E-state index contributed by atoms with van der Waals surface area (Å²) in [5.41, 5.74) is 4.90. The molecule has 4 nitrogen and oxygen atoms in total. The van der Waals surface area contributed by atoms with Gasteiger partial charge in [-0.3, -0.25) is 9.78 Å². The van der Waals surface area contributed by atoms with Gasteiger partial charge >= 0.3 is 0 Å². The van der Waals surface area contributed by atoms with Crippen molar-refractivity contribution in [1.29, 1.82) is 0 Å². The second kappa shape index (κ2) is 6.49. The van der Waals surface area contributed by atoms with Crippen LogP contribution in [0.3, 0.4) is 0 Å². The normalized spacial score (nSPS) is 11.0. The van der Waals surface area contributed by atoms with E-state index in [1.54, 1.807) is 24.5 Å². The van der Waals surface area contributed by atoms with Gasteiger partial charge in [0.15, 0.2) is 0 Å². The molecule has 1 aromatic heterocycles. The monoisotopic (exact) mass is 353 g/mol. The number of amides is 1. The molecule has 0 bridgehead atoms. The molecule has 108 valence electrons. The van der Waals surface area contributed by atoms with Crippen LogP contribution in [-0.4, -0.2) is 17.1 Å². The fourth-order valence-corrected chi connectivity index (χ4v) is 2.27. The van der Waals surface area contributed by atoms with E-state index in [1.165, 1.54) is 0 Å². The molecule has 1 amide bonds. The molecule has 5 heteroatoms. The highest BCUT2D eigenvalue weighted by molar-refractivity contribution is 9.10. The Hall–Kier alpha value is -2.53. The molecule has 0 fully saturated rings. The Morgan fingerprint density at radius 3 is 2.77 bits per heavy atom. The highest BCUT2D eigenvalue weighted by Crippen LogP contribution is 2.12. The van der Waals surface area contributed by atoms with Crippen LogP contribution in [0.15, 0.2) is 70.4 Å². The van der Waals surface area contributed by atoms with Crippen LogP contribution >= 0.6 is 15.9 Å². The predicted octanol–water partition coefficient (Wildman–Crippen LogP) is 3.76. The molecule has 0 aliphatic heterocycles. The number of hydrazone groups is 1. The van der Waals surface area contributed by atoms with Crippen LogP contribution < -0.4 is 5.43 Å². The van der Waals surface area contributed by atoms with Crippen molar-refractivity contribution in [2.75, 3.05) is 0 Å². The molecule has 0 unspecified atom stereocenters. The third-order valence-electron chi connectivity index (χ3n) is 3.11. The zero-order valence-electron chi connectivity index (χ0n) is 11.5. The number of hydrogen-bond acceptors (Lipinski definition) is 3. The second-order valence-corrected chi connectivity index (χ2v) is 5.58. The first-order valence-electron chi connectivity index (χ1n) is 6.66. The van der Waals surface area contributed by atoms with Crippen molar-refractivity contribution in [3.63, 3.8) is 0 Å². The number of benzene rings is 2. The van der Waals surface area contributed by atoms with Gasteiger partial charge in [0.25, 0.3) is 5.91 Å². The summed E-state index contributed by atoms with van der Waals surface area (Å²) in [6.45, 7) is 0. The topological polar surface area (TPSA) is 54.4 Å². The van der Waals surface area contributed by atoms with Gasteiger partial charge in [-0.15, -0.1) is 0 Å². The molecule has 3 rings (SSSR count). The van der Waals surface area contributed by atoms with Gasteiger partial charge in [0.2, 0.25) is 0 Å². The first-order chi connectivity index (χ1) is 10.7. The van der Waals surface area contributed by atoms with Crippen molar-refractivity contribution in [3.05, 3.63) is 76.4 Å². The molecule has 3 aromatic rings. The van der Waals surface area contributed by atoms with Crippen LogP contribution in [0, 0.1) is 0 Å². The van der Waals surface area contributed by atoms with Gasteiger partial charge in [-0.2, -0.15) is 5.10 Å². The van der Waals surface area contributed by atoms with Gasteiger partial charge in [0.05, 0.1) is 11.7 Å². The average Bonchev–Trinajstić information content (AvgIpc) is 2.55. The predicted molar refractivity (Wildman–Crippen MR) is 90.9 cm³/mol. The fourth-order valence-electron chi connectivity index (χ4n) is 2.01. The molecule has 0 saturated carbocycles. The lowest BCUT2D eigenvalue weighted by molar-refractivity contribution is 0.0955. The van der Waals surface area contributed by atoms with Crippen LogP contribution in [0.4, 0.5) is 0 Å². The van der Waals surface area contributed by atoms with Crippen LogP contribution in [0.2, 0.25) is 0 Å². The lowest BCUT2D eigenvalue weighted by Gasteiger charge is -2.00. The molecule has 0 aliphatic rings. The minimum absolute atomic E-state index is 0.244. The molecule has 0 saturated heterocycles. The number of fused-ring (bicyclic) bond motifs is 1. The van der Waals surface area contributed by atoms with E-state index in [0.29, 0.717) is 5.56 Å². The van der Waals surface area contributed by atoms with E-state index in [9.17, 15) is 4.79 Å². The van der Waals surface area contributed by atoms with Gasteiger partial charge in [-0.1, -0.05) is 28.1 Å². The molecule has 2 aromatic carbocycles. The lowest BCUT2D eigenvalue weighted by atomic mass is 10.1. The number of carbonyl (C=O) groups excluding carboxylic acids is 1. The Kier molecular flexibility index (Phi) is 4.25. The first-order valence-corrected chi connectivity index (χ1v) is 7.45. The van der Waals surface area contributed by atoms with E-state index in [2.05, 4.69) is 31.4 Å². The maximum absolute atomic E-state index is 11.9. The van der Waals surface area contributed by atoms with E-state index in [0.717, 1.165) is 20.9 Å². The molecule has 0 aliphatic carbocycles. The molecule has 0 atom stereocenters. The molecule has 0 spiro atoms. The minimum atomic E-state index is -0.244. The summed E-state index contributed by atoms with van der Waals surface area (Å²) < 4.78 is 0.928. The SMILES string of the molecule is O=C(NN=Cc1ccc2ncccc2c1)c1ccc(Br)cc1. The van der Waals surface area contributed by atoms with Gasteiger partial charge in [-0.25, -0.2) is 5.43 Å². The summed E-state index contributed by atoms with van der Waals surface area (Å²) in [5, 5.41) is 5.02. The van der Waals surface area contributed by atoms with Crippen molar-refractivity contribution in [2.45, 2.75) is 0 Å². The zero-order chi connectivity index (χ0) is 15.4. The first kappa shape index (κ1) is 14.4. The third-order valence-corrected chi connectivity index (χ3v) is 3.64. The Morgan fingerprint density at radius 2 is 1.95 bits per heavy atom. The van der Waals surface area contributed by atoms with E-state index in [-0.39, 0.29) is 5.91 Å². The number of pyridine rings is 1. The molecular weight excluding hydrogens is 342 g/mol. The third kappa shape index (κ3) is 3.38. The maximum Gasteiger partial charge on any atom is 0.271 e. The fraction of sp³-hybridized carbons (Fsp3) is 0. The van der Waals surface area contributed by atoms with Crippen LogP contribution in [0.1, 0.15) is 15.9 Å². The smallest absolute Gasteiger partial charge is 0.267 e. The number of carbonyl (C=O) groups is 1. The van der Waals surface area contributed by atoms with Crippen molar-refractivity contribution in [2.24, 2.45) is 5.10 Å². The molecule has 0 radical (unpaired) electrons. The van der Waals surface area contributed by atoms with Crippen molar-refractivity contribution in [1.82, 2.24) is 10.4 Å². The summed E-state index contributed by atoms with van der Waals surface area (Å²) in [7, 11) is 0. The number of nitrogens with one attached hydrogen (secondary N) is 1. The second-order valence-electron chi connectivity index (χ2n) is 4.66. The standard InChI is InChI=1S/C17H12BrN3O/c18-15-6-4-13(5-7-15)17(22)21-20-11-12-3-8-16-14(10-12)2-1-9-19-16/h1-11H,(H,21,22). The number of aromatic nitrogens is 1. The summed E-state index contributed by atoms with van der Waals surface area (Å²) in [6, 6.07) is 16.8. The maximum atomic E-state index is 11.9. The zero-order valence-corrected chi connectivity index (χ0v) is 13.1. The quantitative estimate of drug-likeness (QED) is 0.575. The lowest BCUT2D eigenvalue weighted by Crippen LogP contribution is -2.17. The summed E-state index contributed by atoms with van der Waals surface area (Å²) in [6.07, 6.45) is 3.37. The Labute approximate surface area is 136 Å². The van der Waals surface area contributed by atoms with Gasteiger partial charge in [-0.05, 0) is 48.0 Å². The summed E-state index contributed by atoms with van der Waals surface area (Å²) in [5.74, 6) is -0.244. The average molecular weight is 354 g/mol. The number of rotatable bonds is 3. The van der Waals surface area contributed by atoms with Gasteiger partial charge < -0.3 is 0 Å². The molecular formula is C17H12BrN3O. The van der Waals surface area contributed by atoms with Crippen molar-refractivity contribution >= 4 is 39.0 Å². The van der Waals surface area contributed by atoms with Gasteiger partial charge in [0.1, 0.15) is 0 Å². The van der Waals surface area contributed by atoms with E-state index in [4.69, 9.17) is 0 Å². The number of hydrogen-bond donors (Lipinski definition) is 1. The Morgan fingerprint density at radius 1 is 1.14 bits per heavy atom. The van der Waals surface area contributed by atoms with E-state index in [1.807, 2.05) is 42.5 Å². The minimum Gasteiger partial charge on any atom is -0.267 e. The molecule has 1 N–H and O–H groups in total. The molecule has 22 heavy (non-hydrogen) atoms. The van der Waals surface area contributed by atoms with E-state index < -0.39 is 0 Å². The Bertz CT molecular complexity index is 844. The van der Waals surface area contributed by atoms with Crippen LogP contribution in [-0.2, 0) is 0 Å². The number of nitrogens with zero attached hydrogens (tertiary/aromatic N) is 2. The van der Waals surface area contributed by atoms with Crippen molar-refractivity contribution < 1.29 is 4.79 Å². The Balaban J connectivity index is 1.70. The van der Waals surface area contributed by atoms with Crippen LogP contribution in [0.5, 0.6) is 0 Å². The summed E-state index contributed by atoms with van der Waals surface area (Å²) in [4.78, 5) is 16.2.